The van der Waals surface area contributed by atoms with Crippen LogP contribution in [0.2, 0.25) is 0 Å². The summed E-state index contributed by atoms with van der Waals surface area (Å²) in [6.45, 7) is 5.01. The molecule has 1 aliphatic rings. The van der Waals surface area contributed by atoms with E-state index in [1.165, 1.54) is 0 Å². The molecule has 3 rings (SSSR count). The van der Waals surface area contributed by atoms with E-state index in [-0.39, 0.29) is 30.3 Å². The summed E-state index contributed by atoms with van der Waals surface area (Å²) < 4.78 is 5.81. The number of nitrogens with one attached hydrogen (secondary N) is 2. The lowest BCUT2D eigenvalue weighted by molar-refractivity contribution is -0.126. The van der Waals surface area contributed by atoms with Crippen LogP contribution in [-0.4, -0.2) is 18.5 Å². The van der Waals surface area contributed by atoms with Crippen LogP contribution in [0.3, 0.4) is 0 Å². The maximum Gasteiger partial charge on any atom is 0.223 e. The van der Waals surface area contributed by atoms with E-state index < -0.39 is 0 Å². The first-order valence-electron chi connectivity index (χ1n) is 7.65. The van der Waals surface area contributed by atoms with Crippen LogP contribution in [-0.2, 0) is 4.79 Å². The predicted molar refractivity (Wildman–Crippen MR) is 90.2 cm³/mol. The first-order chi connectivity index (χ1) is 10.1. The molecule has 0 bridgehead atoms. The second kappa shape index (κ2) is 7.16. The van der Waals surface area contributed by atoms with Crippen LogP contribution in [0.1, 0.15) is 38.5 Å². The number of furan rings is 1. The summed E-state index contributed by atoms with van der Waals surface area (Å²) in [4.78, 5) is 12.4. The molecule has 22 heavy (non-hydrogen) atoms. The van der Waals surface area contributed by atoms with Gasteiger partial charge in [0.05, 0.1) is 6.04 Å². The Hall–Kier alpha value is -1.52. The molecule has 3 atom stereocenters. The Morgan fingerprint density at radius 1 is 1.41 bits per heavy atom. The molecule has 4 nitrogen and oxygen atoms in total. The molecule has 2 aromatic rings. The number of halogens is 1. The number of carbonyl (C=O) groups excluding carboxylic acids is 1. The van der Waals surface area contributed by atoms with Crippen molar-refractivity contribution < 1.29 is 9.21 Å². The first-order valence-corrected chi connectivity index (χ1v) is 7.65. The summed E-state index contributed by atoms with van der Waals surface area (Å²) in [5.41, 5.74) is 0.865. The second-order valence-corrected chi connectivity index (χ2v) is 5.99. The third-order valence-electron chi connectivity index (χ3n) is 4.22. The van der Waals surface area contributed by atoms with Crippen LogP contribution in [0.5, 0.6) is 0 Å². The van der Waals surface area contributed by atoms with Gasteiger partial charge in [0.15, 0.2) is 0 Å². The van der Waals surface area contributed by atoms with Gasteiger partial charge in [-0.15, -0.1) is 12.4 Å². The maximum atomic E-state index is 12.4. The van der Waals surface area contributed by atoms with Crippen molar-refractivity contribution >= 4 is 29.3 Å². The van der Waals surface area contributed by atoms with Crippen LogP contribution in [0.25, 0.3) is 11.0 Å². The molecule has 1 amide bonds. The van der Waals surface area contributed by atoms with Crippen LogP contribution >= 0.6 is 12.4 Å². The van der Waals surface area contributed by atoms with Gasteiger partial charge in [-0.3, -0.25) is 4.79 Å². The van der Waals surface area contributed by atoms with E-state index in [4.69, 9.17) is 4.42 Å². The van der Waals surface area contributed by atoms with Gasteiger partial charge in [-0.25, -0.2) is 0 Å². The van der Waals surface area contributed by atoms with Crippen LogP contribution in [0.4, 0.5) is 0 Å². The van der Waals surface area contributed by atoms with Gasteiger partial charge in [0.2, 0.25) is 5.91 Å². The Morgan fingerprint density at radius 2 is 2.18 bits per heavy atom. The zero-order valence-corrected chi connectivity index (χ0v) is 13.8. The maximum absolute atomic E-state index is 12.4. The third kappa shape index (κ3) is 3.62. The molecule has 1 unspecified atom stereocenters. The molecule has 1 aromatic carbocycles. The number of rotatable bonds is 3. The number of fused-ring (bicyclic) bond motifs is 1. The van der Waals surface area contributed by atoms with Crippen molar-refractivity contribution in [2.45, 2.75) is 38.8 Å². The molecule has 1 aliphatic heterocycles. The Balaban J connectivity index is 0.00000176. The molecule has 1 aromatic heterocycles. The Morgan fingerprint density at radius 3 is 2.91 bits per heavy atom. The smallest absolute Gasteiger partial charge is 0.223 e. The average molecular weight is 323 g/mol. The van der Waals surface area contributed by atoms with Gasteiger partial charge >= 0.3 is 0 Å². The topological polar surface area (TPSA) is 54.3 Å². The highest BCUT2D eigenvalue weighted by atomic mass is 35.5. The fourth-order valence-corrected chi connectivity index (χ4v) is 2.99. The van der Waals surface area contributed by atoms with E-state index in [0.717, 1.165) is 36.1 Å². The van der Waals surface area contributed by atoms with E-state index in [1.54, 1.807) is 0 Å². The number of benzene rings is 1. The van der Waals surface area contributed by atoms with Crippen molar-refractivity contribution in [3.8, 4) is 0 Å². The summed E-state index contributed by atoms with van der Waals surface area (Å²) in [5, 5.41) is 7.53. The van der Waals surface area contributed by atoms with Gasteiger partial charge in [0.1, 0.15) is 11.3 Å². The van der Waals surface area contributed by atoms with Gasteiger partial charge in [0.25, 0.3) is 0 Å². The minimum atomic E-state index is -0.102. The molecule has 0 saturated carbocycles. The lowest BCUT2D eigenvalue weighted by Crippen LogP contribution is -2.42. The molecule has 5 heteroatoms. The van der Waals surface area contributed by atoms with Crippen molar-refractivity contribution in [2.75, 3.05) is 6.54 Å². The Labute approximate surface area is 137 Å². The molecule has 0 aliphatic carbocycles. The molecule has 1 saturated heterocycles. The van der Waals surface area contributed by atoms with E-state index in [0.29, 0.717) is 6.04 Å². The van der Waals surface area contributed by atoms with Gasteiger partial charge in [-0.1, -0.05) is 18.2 Å². The quantitative estimate of drug-likeness (QED) is 0.910. The zero-order valence-electron chi connectivity index (χ0n) is 13.0. The predicted octanol–water partition coefficient (Wildman–Crippen LogP) is 3.42. The number of hydrogen-bond donors (Lipinski definition) is 2. The number of carbonyl (C=O) groups is 1. The standard InChI is InChI=1S/C17H22N2O2.ClH/c1-11-9-14(7-8-18-11)17(20)19-12(2)16-10-13-5-3-4-6-15(13)21-16;/h3-6,10-12,14,18H,7-9H2,1-2H3,(H,19,20);1H/t11-,12?,14-;/m0./s1. The summed E-state index contributed by atoms with van der Waals surface area (Å²) >= 11 is 0. The van der Waals surface area contributed by atoms with Crippen LogP contribution in [0.15, 0.2) is 34.7 Å². The van der Waals surface area contributed by atoms with E-state index in [9.17, 15) is 4.79 Å². The van der Waals surface area contributed by atoms with E-state index in [2.05, 4.69) is 17.6 Å². The minimum absolute atomic E-state index is 0. The first kappa shape index (κ1) is 16.8. The van der Waals surface area contributed by atoms with Crippen molar-refractivity contribution in [1.82, 2.24) is 10.6 Å². The lowest BCUT2D eigenvalue weighted by Gasteiger charge is -2.27. The van der Waals surface area contributed by atoms with Crippen molar-refractivity contribution in [1.29, 1.82) is 0 Å². The summed E-state index contributed by atoms with van der Waals surface area (Å²) in [6.07, 6.45) is 1.81. The number of piperidine rings is 1. The van der Waals surface area contributed by atoms with Gasteiger partial charge in [0, 0.05) is 17.3 Å². The SMILES string of the molecule is CC(NC(=O)[C@H]1CCN[C@@H](C)C1)c1cc2ccccc2o1.Cl. The molecule has 2 N–H and O–H groups in total. The van der Waals surface area contributed by atoms with E-state index in [1.807, 2.05) is 37.3 Å². The summed E-state index contributed by atoms with van der Waals surface area (Å²) in [7, 11) is 0. The second-order valence-electron chi connectivity index (χ2n) is 5.99. The van der Waals surface area contributed by atoms with Gasteiger partial charge in [-0.2, -0.15) is 0 Å². The van der Waals surface area contributed by atoms with Crippen molar-refractivity contribution in [3.05, 3.63) is 36.1 Å². The highest BCUT2D eigenvalue weighted by Gasteiger charge is 2.26. The Kier molecular flexibility index (Phi) is 5.48. The normalized spacial score (nSPS) is 22.8. The molecule has 1 fully saturated rings. The molecule has 2 heterocycles. The number of hydrogen-bond acceptors (Lipinski definition) is 3. The van der Waals surface area contributed by atoms with Gasteiger partial charge < -0.3 is 15.1 Å². The summed E-state index contributed by atoms with van der Waals surface area (Å²) in [6, 6.07) is 10.2. The highest BCUT2D eigenvalue weighted by molar-refractivity contribution is 5.85. The van der Waals surface area contributed by atoms with Crippen LogP contribution < -0.4 is 10.6 Å². The zero-order chi connectivity index (χ0) is 14.8. The van der Waals surface area contributed by atoms with Crippen LogP contribution in [0, 0.1) is 5.92 Å². The molecular formula is C17H23ClN2O2. The third-order valence-corrected chi connectivity index (χ3v) is 4.22. The lowest BCUT2D eigenvalue weighted by atomic mass is 9.92. The molecule has 120 valence electrons. The molecular weight excluding hydrogens is 300 g/mol. The van der Waals surface area contributed by atoms with Crippen molar-refractivity contribution in [3.63, 3.8) is 0 Å². The fraction of sp³-hybridized carbons (Fsp3) is 0.471. The van der Waals surface area contributed by atoms with E-state index >= 15 is 0 Å². The average Bonchev–Trinajstić information content (AvgIpc) is 2.91. The molecule has 0 radical (unpaired) electrons. The Bertz CT molecular complexity index is 607. The van der Waals surface area contributed by atoms with Crippen molar-refractivity contribution in [2.24, 2.45) is 5.92 Å². The fourth-order valence-electron chi connectivity index (χ4n) is 2.99. The van der Waals surface area contributed by atoms with Gasteiger partial charge in [-0.05, 0) is 45.4 Å². The minimum Gasteiger partial charge on any atom is -0.459 e. The largest absolute Gasteiger partial charge is 0.459 e. The number of amides is 1. The summed E-state index contributed by atoms with van der Waals surface area (Å²) in [5.74, 6) is 1.05. The number of para-hydroxylation sites is 1. The highest BCUT2D eigenvalue weighted by Crippen LogP contribution is 2.24. The molecule has 0 spiro atoms. The monoisotopic (exact) mass is 322 g/mol.